The molecule has 0 spiro atoms. The molecule has 2 fully saturated rings. The lowest BCUT2D eigenvalue weighted by molar-refractivity contribution is -0.157. The molecule has 0 radical (unpaired) electrons. The normalized spacial score (nSPS) is 21.2. The van der Waals surface area contributed by atoms with E-state index in [1.807, 2.05) is 0 Å². The van der Waals surface area contributed by atoms with Gasteiger partial charge in [-0.2, -0.15) is 0 Å². The molecule has 0 aliphatic carbocycles. The van der Waals surface area contributed by atoms with E-state index in [1.54, 1.807) is 36.4 Å². The lowest BCUT2D eigenvalue weighted by Gasteiger charge is -2.28. The average Bonchev–Trinajstić information content (AvgIpc) is 3.29. The number of rotatable bonds is 12. The van der Waals surface area contributed by atoms with Gasteiger partial charge in [0.2, 0.25) is 11.5 Å². The minimum atomic E-state index is -0.508. The Morgan fingerprint density at radius 2 is 1.10 bits per heavy atom. The molecule has 2 bridgehead atoms. The molecule has 11 heteroatoms. The van der Waals surface area contributed by atoms with E-state index in [4.69, 9.17) is 42.6 Å². The van der Waals surface area contributed by atoms with Crippen LogP contribution in [0.3, 0.4) is 0 Å². The number of benzene rings is 2. The summed E-state index contributed by atoms with van der Waals surface area (Å²) in [6.07, 6.45) is 6.07. The van der Waals surface area contributed by atoms with Crippen molar-refractivity contribution in [3.05, 3.63) is 47.5 Å². The summed E-state index contributed by atoms with van der Waals surface area (Å²) in [5, 5.41) is 0. The Kier molecular flexibility index (Phi) is 10.2. The standard InChI is InChI=1S/C31H36O11/c1-34-24-11-18(12-25(35-2)30(24)38-5)7-9-28(32)41-21-15-20-16-23(22(17-21)40-20)42-29(33)10-8-19-13-26(36-3)31(39-6)27(14-19)37-4/h7-14,20-23H,15-17H2,1-6H3/b9-7+,10-8+/t20-,21-,22+,23+/m0/s1. The third-order valence-electron chi connectivity index (χ3n) is 7.05. The number of esters is 2. The predicted molar refractivity (Wildman–Crippen MR) is 153 cm³/mol. The summed E-state index contributed by atoms with van der Waals surface area (Å²) in [6.45, 7) is 0. The van der Waals surface area contributed by atoms with Crippen molar-refractivity contribution in [2.75, 3.05) is 42.7 Å². The van der Waals surface area contributed by atoms with Gasteiger partial charge < -0.3 is 42.6 Å². The summed E-state index contributed by atoms with van der Waals surface area (Å²) in [4.78, 5) is 25.2. The van der Waals surface area contributed by atoms with E-state index in [1.165, 1.54) is 54.8 Å². The van der Waals surface area contributed by atoms with E-state index >= 15 is 0 Å². The van der Waals surface area contributed by atoms with Crippen LogP contribution >= 0.6 is 0 Å². The van der Waals surface area contributed by atoms with Crippen molar-refractivity contribution in [3.8, 4) is 34.5 Å². The Hall–Kier alpha value is -4.38. The topological polar surface area (TPSA) is 117 Å². The molecule has 0 amide bonds. The third-order valence-corrected chi connectivity index (χ3v) is 7.05. The van der Waals surface area contributed by atoms with Crippen LogP contribution in [0.2, 0.25) is 0 Å². The first-order chi connectivity index (χ1) is 20.3. The second-order valence-electron chi connectivity index (χ2n) is 9.62. The van der Waals surface area contributed by atoms with Crippen LogP contribution in [0.5, 0.6) is 34.5 Å². The van der Waals surface area contributed by atoms with E-state index in [9.17, 15) is 9.59 Å². The van der Waals surface area contributed by atoms with E-state index < -0.39 is 18.0 Å². The van der Waals surface area contributed by atoms with Crippen molar-refractivity contribution in [2.24, 2.45) is 0 Å². The molecule has 11 nitrogen and oxygen atoms in total. The molecule has 0 N–H and O–H groups in total. The molecule has 4 rings (SSSR count). The lowest BCUT2D eigenvalue weighted by Crippen LogP contribution is -2.35. The van der Waals surface area contributed by atoms with E-state index in [0.29, 0.717) is 64.9 Å². The molecule has 2 aromatic rings. The van der Waals surface area contributed by atoms with Crippen LogP contribution in [0.4, 0.5) is 0 Å². The summed E-state index contributed by atoms with van der Waals surface area (Å²) in [7, 11) is 9.13. The van der Waals surface area contributed by atoms with Crippen molar-refractivity contribution in [3.63, 3.8) is 0 Å². The summed E-state index contributed by atoms with van der Waals surface area (Å²) < 4.78 is 49.5. The summed E-state index contributed by atoms with van der Waals surface area (Å²) in [5.41, 5.74) is 1.36. The Bertz CT molecular complexity index is 1280. The van der Waals surface area contributed by atoms with Crippen LogP contribution in [0.25, 0.3) is 12.2 Å². The molecular weight excluding hydrogens is 548 g/mol. The molecule has 0 aromatic heterocycles. The number of fused-ring (bicyclic) bond motifs is 2. The highest BCUT2D eigenvalue weighted by Gasteiger charge is 2.45. The minimum Gasteiger partial charge on any atom is -0.493 e. The van der Waals surface area contributed by atoms with Crippen LogP contribution in [0.15, 0.2) is 36.4 Å². The molecule has 226 valence electrons. The SMILES string of the molecule is COc1cc(/C=C/C(=O)O[C@H]2C[C@H]3C[C@@H](OC(=O)/C=C/c4cc(OC)c(OC)c(OC)c4)[C@@H](C2)O3)cc(OC)c1OC. The molecule has 2 heterocycles. The number of methoxy groups -OCH3 is 6. The maximum atomic E-state index is 12.6. The minimum absolute atomic E-state index is 0.169. The van der Waals surface area contributed by atoms with Crippen LogP contribution in [0.1, 0.15) is 30.4 Å². The first-order valence-electron chi connectivity index (χ1n) is 13.3. The van der Waals surface area contributed by atoms with Gasteiger partial charge in [0.25, 0.3) is 0 Å². The van der Waals surface area contributed by atoms with Gasteiger partial charge in [0, 0.05) is 31.4 Å². The molecule has 2 aliphatic heterocycles. The van der Waals surface area contributed by atoms with Crippen molar-refractivity contribution in [1.82, 2.24) is 0 Å². The van der Waals surface area contributed by atoms with Crippen LogP contribution in [-0.2, 0) is 23.8 Å². The van der Waals surface area contributed by atoms with Crippen molar-refractivity contribution in [1.29, 1.82) is 0 Å². The van der Waals surface area contributed by atoms with E-state index in [-0.39, 0.29) is 18.3 Å². The van der Waals surface area contributed by atoms with Crippen molar-refractivity contribution < 1.29 is 52.2 Å². The second kappa shape index (κ2) is 14.0. The van der Waals surface area contributed by atoms with Gasteiger partial charge >= 0.3 is 11.9 Å². The highest BCUT2D eigenvalue weighted by Crippen LogP contribution is 2.40. The van der Waals surface area contributed by atoms with Gasteiger partial charge in [0.05, 0.1) is 54.9 Å². The van der Waals surface area contributed by atoms with Gasteiger partial charge in [0.1, 0.15) is 12.2 Å². The van der Waals surface area contributed by atoms with Crippen molar-refractivity contribution >= 4 is 24.1 Å². The van der Waals surface area contributed by atoms with Gasteiger partial charge in [-0.15, -0.1) is 0 Å². The fourth-order valence-electron chi connectivity index (χ4n) is 5.14. The fraction of sp³-hybridized carbons (Fsp3) is 0.419. The fourth-order valence-corrected chi connectivity index (χ4v) is 5.14. The van der Waals surface area contributed by atoms with Crippen LogP contribution in [-0.4, -0.2) is 79.0 Å². The highest BCUT2D eigenvalue weighted by molar-refractivity contribution is 5.88. The molecule has 2 saturated heterocycles. The zero-order valence-corrected chi connectivity index (χ0v) is 24.5. The summed E-state index contributed by atoms with van der Waals surface area (Å²) in [6, 6.07) is 6.92. The van der Waals surface area contributed by atoms with E-state index in [0.717, 1.165) is 0 Å². The van der Waals surface area contributed by atoms with Crippen LogP contribution < -0.4 is 28.4 Å². The largest absolute Gasteiger partial charge is 0.493 e. The zero-order valence-electron chi connectivity index (χ0n) is 24.5. The van der Waals surface area contributed by atoms with Gasteiger partial charge in [-0.1, -0.05) is 0 Å². The van der Waals surface area contributed by atoms with Crippen molar-refractivity contribution in [2.45, 2.75) is 43.7 Å². The molecular formula is C31H36O11. The molecule has 0 saturated carbocycles. The van der Waals surface area contributed by atoms with Gasteiger partial charge in [0.15, 0.2) is 23.0 Å². The Morgan fingerprint density at radius 1 is 0.643 bits per heavy atom. The average molecular weight is 585 g/mol. The maximum Gasteiger partial charge on any atom is 0.331 e. The maximum absolute atomic E-state index is 12.6. The number of hydrogen-bond acceptors (Lipinski definition) is 11. The predicted octanol–water partition coefficient (Wildman–Crippen LogP) is 4.24. The summed E-state index contributed by atoms with van der Waals surface area (Å²) in [5.74, 6) is 1.83. The quantitative estimate of drug-likeness (QED) is 0.263. The molecule has 42 heavy (non-hydrogen) atoms. The second-order valence-corrected chi connectivity index (χ2v) is 9.62. The van der Waals surface area contributed by atoms with Gasteiger partial charge in [-0.3, -0.25) is 0 Å². The molecule has 2 aromatic carbocycles. The number of carbonyl (C=O) groups is 2. The molecule has 2 aliphatic rings. The first-order valence-corrected chi connectivity index (χ1v) is 13.3. The van der Waals surface area contributed by atoms with Crippen LogP contribution in [0, 0.1) is 0 Å². The highest BCUT2D eigenvalue weighted by atomic mass is 16.6. The number of hydrogen-bond donors (Lipinski definition) is 0. The molecule has 0 unspecified atom stereocenters. The Balaban J connectivity index is 1.33. The third kappa shape index (κ3) is 7.09. The van der Waals surface area contributed by atoms with E-state index in [2.05, 4.69) is 0 Å². The number of ether oxygens (including phenoxy) is 9. The Labute approximate surface area is 244 Å². The lowest BCUT2D eigenvalue weighted by atomic mass is 10.1. The smallest absolute Gasteiger partial charge is 0.331 e. The molecule has 4 atom stereocenters. The first kappa shape index (κ1) is 30.6. The monoisotopic (exact) mass is 584 g/mol. The Morgan fingerprint density at radius 3 is 1.52 bits per heavy atom. The van der Waals surface area contributed by atoms with Gasteiger partial charge in [-0.05, 0) is 47.5 Å². The van der Waals surface area contributed by atoms with Gasteiger partial charge in [-0.25, -0.2) is 9.59 Å². The number of carbonyl (C=O) groups excluding carboxylic acids is 2. The zero-order chi connectivity index (χ0) is 30.2. The summed E-state index contributed by atoms with van der Waals surface area (Å²) >= 11 is 0.